The first kappa shape index (κ1) is 13.4. The normalized spacial score (nSPS) is 13.9. The number of fused-ring (bicyclic) bond motifs is 1. The highest BCUT2D eigenvalue weighted by Gasteiger charge is 2.13. The summed E-state index contributed by atoms with van der Waals surface area (Å²) in [5, 5.41) is 3.80. The van der Waals surface area contributed by atoms with Crippen LogP contribution in [0.2, 0.25) is 5.02 Å². The summed E-state index contributed by atoms with van der Waals surface area (Å²) in [6.07, 6.45) is 4.77. The second-order valence-electron chi connectivity index (χ2n) is 5.24. The lowest BCUT2D eigenvalue weighted by Crippen LogP contribution is -2.09. The number of aryl methyl sites for hydroxylation is 1. The highest BCUT2D eigenvalue weighted by atomic mass is 35.5. The maximum absolute atomic E-state index is 13.8. The molecule has 0 bridgehead atoms. The summed E-state index contributed by atoms with van der Waals surface area (Å²) in [5.74, 6) is -0.255. The summed E-state index contributed by atoms with van der Waals surface area (Å²) in [4.78, 5) is 0. The zero-order valence-electron chi connectivity index (χ0n) is 11.3. The predicted molar refractivity (Wildman–Crippen MR) is 81.8 cm³/mol. The van der Waals surface area contributed by atoms with Gasteiger partial charge in [0.25, 0.3) is 0 Å². The second kappa shape index (κ2) is 5.84. The first-order valence-electron chi connectivity index (χ1n) is 7.02. The van der Waals surface area contributed by atoms with Crippen LogP contribution in [0.5, 0.6) is 0 Å². The van der Waals surface area contributed by atoms with E-state index in [1.54, 1.807) is 12.1 Å². The molecular formula is C17H17ClFN. The van der Waals surface area contributed by atoms with Gasteiger partial charge in [0.05, 0.1) is 0 Å². The largest absolute Gasteiger partial charge is 0.381 e. The number of hydrogen-bond acceptors (Lipinski definition) is 1. The van der Waals surface area contributed by atoms with Gasteiger partial charge in [-0.2, -0.15) is 0 Å². The molecule has 0 spiro atoms. The van der Waals surface area contributed by atoms with E-state index in [0.717, 1.165) is 18.5 Å². The Morgan fingerprint density at radius 3 is 2.80 bits per heavy atom. The second-order valence-corrected chi connectivity index (χ2v) is 5.68. The lowest BCUT2D eigenvalue weighted by molar-refractivity contribution is 0.613. The monoisotopic (exact) mass is 289 g/mol. The minimum atomic E-state index is -0.255. The zero-order valence-corrected chi connectivity index (χ0v) is 12.0. The summed E-state index contributed by atoms with van der Waals surface area (Å²) in [6.45, 7) is 0.486. The van der Waals surface area contributed by atoms with Crippen molar-refractivity contribution in [3.05, 3.63) is 63.9 Å². The highest BCUT2D eigenvalue weighted by Crippen LogP contribution is 2.28. The van der Waals surface area contributed by atoms with Crippen LogP contribution in [-0.2, 0) is 19.4 Å². The molecule has 0 radical (unpaired) electrons. The van der Waals surface area contributed by atoms with Crippen LogP contribution in [-0.4, -0.2) is 0 Å². The third kappa shape index (κ3) is 2.80. The van der Waals surface area contributed by atoms with Gasteiger partial charge in [-0.3, -0.25) is 0 Å². The molecule has 20 heavy (non-hydrogen) atoms. The van der Waals surface area contributed by atoms with Crippen molar-refractivity contribution in [2.24, 2.45) is 0 Å². The van der Waals surface area contributed by atoms with E-state index >= 15 is 0 Å². The Hall–Kier alpha value is -1.54. The number of halogens is 2. The first-order valence-corrected chi connectivity index (χ1v) is 7.40. The average Bonchev–Trinajstić information content (AvgIpc) is 2.46. The van der Waals surface area contributed by atoms with E-state index in [1.165, 1.54) is 30.0 Å². The van der Waals surface area contributed by atoms with E-state index in [0.29, 0.717) is 17.1 Å². The third-order valence-corrected chi connectivity index (χ3v) is 4.12. The van der Waals surface area contributed by atoms with Crippen molar-refractivity contribution in [1.29, 1.82) is 0 Å². The summed E-state index contributed by atoms with van der Waals surface area (Å²) < 4.78 is 13.8. The molecule has 2 aromatic carbocycles. The van der Waals surface area contributed by atoms with Crippen LogP contribution in [0.15, 0.2) is 36.4 Å². The van der Waals surface area contributed by atoms with E-state index in [4.69, 9.17) is 11.6 Å². The molecule has 0 unspecified atom stereocenters. The summed E-state index contributed by atoms with van der Waals surface area (Å²) in [6, 6.07) is 11.2. The van der Waals surface area contributed by atoms with Gasteiger partial charge in [-0.05, 0) is 55.0 Å². The molecule has 1 N–H and O–H groups in total. The summed E-state index contributed by atoms with van der Waals surface area (Å²) >= 11 is 5.77. The molecule has 3 heteroatoms. The Kier molecular flexibility index (Phi) is 3.93. The van der Waals surface area contributed by atoms with Crippen LogP contribution in [0, 0.1) is 5.82 Å². The van der Waals surface area contributed by atoms with Gasteiger partial charge in [-0.1, -0.05) is 29.8 Å². The van der Waals surface area contributed by atoms with Crippen molar-refractivity contribution >= 4 is 17.3 Å². The first-order chi connectivity index (χ1) is 9.74. The van der Waals surface area contributed by atoms with Gasteiger partial charge in [0.2, 0.25) is 0 Å². The van der Waals surface area contributed by atoms with E-state index in [-0.39, 0.29) is 5.82 Å². The number of anilines is 1. The van der Waals surface area contributed by atoms with Crippen LogP contribution in [0.4, 0.5) is 10.1 Å². The highest BCUT2D eigenvalue weighted by molar-refractivity contribution is 6.30. The van der Waals surface area contributed by atoms with Crippen LogP contribution >= 0.6 is 11.6 Å². The molecule has 0 amide bonds. The molecule has 0 saturated carbocycles. The zero-order chi connectivity index (χ0) is 13.9. The Balaban J connectivity index is 1.78. The Morgan fingerprint density at radius 1 is 1.10 bits per heavy atom. The maximum atomic E-state index is 13.8. The fraction of sp³-hybridized carbons (Fsp3) is 0.294. The van der Waals surface area contributed by atoms with Gasteiger partial charge in [-0.15, -0.1) is 0 Å². The number of nitrogens with one attached hydrogen (secondary N) is 1. The molecule has 0 saturated heterocycles. The van der Waals surface area contributed by atoms with Crippen LogP contribution in [0.1, 0.15) is 29.5 Å². The van der Waals surface area contributed by atoms with Gasteiger partial charge in [0.1, 0.15) is 5.82 Å². The number of rotatable bonds is 3. The molecule has 0 atom stereocenters. The Labute approximate surface area is 123 Å². The van der Waals surface area contributed by atoms with E-state index in [1.807, 2.05) is 0 Å². The lowest BCUT2D eigenvalue weighted by Gasteiger charge is -2.20. The van der Waals surface area contributed by atoms with Gasteiger partial charge in [0.15, 0.2) is 0 Å². The number of hydrogen-bond donors (Lipinski definition) is 1. The van der Waals surface area contributed by atoms with Crippen LogP contribution in [0.3, 0.4) is 0 Å². The molecule has 0 fully saturated rings. The third-order valence-electron chi connectivity index (χ3n) is 3.88. The molecule has 0 aromatic heterocycles. The topological polar surface area (TPSA) is 12.0 Å². The molecule has 0 aliphatic heterocycles. The van der Waals surface area contributed by atoms with Gasteiger partial charge in [0, 0.05) is 22.8 Å². The molecule has 1 nitrogen and oxygen atoms in total. The molecule has 3 rings (SSSR count). The molecule has 2 aromatic rings. The van der Waals surface area contributed by atoms with E-state index < -0.39 is 0 Å². The maximum Gasteiger partial charge on any atom is 0.129 e. The number of benzene rings is 2. The molecule has 1 aliphatic rings. The standard InChI is InChI=1S/C17H17ClFN/c18-14-9-8-13(16(19)10-14)11-20-17-7-3-5-12-4-1-2-6-15(12)17/h3,5,7-10,20H,1-2,4,6,11H2. The van der Waals surface area contributed by atoms with Crippen LogP contribution < -0.4 is 5.32 Å². The smallest absolute Gasteiger partial charge is 0.129 e. The van der Waals surface area contributed by atoms with Crippen molar-refractivity contribution in [2.75, 3.05) is 5.32 Å². The molecule has 0 heterocycles. The van der Waals surface area contributed by atoms with Gasteiger partial charge < -0.3 is 5.32 Å². The Bertz CT molecular complexity index is 624. The summed E-state index contributed by atoms with van der Waals surface area (Å²) in [5.41, 5.74) is 4.60. The van der Waals surface area contributed by atoms with Crippen LogP contribution in [0.25, 0.3) is 0 Å². The van der Waals surface area contributed by atoms with E-state index in [2.05, 4.69) is 23.5 Å². The fourth-order valence-corrected chi connectivity index (χ4v) is 2.96. The quantitative estimate of drug-likeness (QED) is 0.841. The van der Waals surface area contributed by atoms with Crippen molar-refractivity contribution in [3.63, 3.8) is 0 Å². The fourth-order valence-electron chi connectivity index (χ4n) is 2.80. The van der Waals surface area contributed by atoms with Crippen molar-refractivity contribution in [3.8, 4) is 0 Å². The Morgan fingerprint density at radius 2 is 1.95 bits per heavy atom. The summed E-state index contributed by atoms with van der Waals surface area (Å²) in [7, 11) is 0. The minimum Gasteiger partial charge on any atom is -0.381 e. The lowest BCUT2D eigenvalue weighted by atomic mass is 9.90. The van der Waals surface area contributed by atoms with Crippen molar-refractivity contribution in [1.82, 2.24) is 0 Å². The molecular weight excluding hydrogens is 273 g/mol. The predicted octanol–water partition coefficient (Wildman–Crippen LogP) is 4.97. The molecule has 104 valence electrons. The SMILES string of the molecule is Fc1cc(Cl)ccc1CNc1cccc2c1CCCC2. The van der Waals surface area contributed by atoms with Gasteiger partial charge >= 0.3 is 0 Å². The van der Waals surface area contributed by atoms with Crippen molar-refractivity contribution in [2.45, 2.75) is 32.2 Å². The van der Waals surface area contributed by atoms with E-state index in [9.17, 15) is 4.39 Å². The minimum absolute atomic E-state index is 0.255. The van der Waals surface area contributed by atoms with Gasteiger partial charge in [-0.25, -0.2) is 4.39 Å². The molecule has 1 aliphatic carbocycles. The average molecular weight is 290 g/mol. The van der Waals surface area contributed by atoms with Crippen molar-refractivity contribution < 1.29 is 4.39 Å².